The van der Waals surface area contributed by atoms with Crippen molar-refractivity contribution in [2.24, 2.45) is 10.4 Å². The number of nitrogens with one attached hydrogen (secondary N) is 2. The molecule has 1 atom stereocenters. The number of aliphatic hydroxyl groups is 1. The first-order valence-corrected chi connectivity index (χ1v) is 12.4. The topological polar surface area (TPSA) is 69.1 Å². The Morgan fingerprint density at radius 3 is 2.52 bits per heavy atom. The summed E-state index contributed by atoms with van der Waals surface area (Å²) in [6.07, 6.45) is 8.42. The van der Waals surface area contributed by atoms with Crippen molar-refractivity contribution < 1.29 is 9.84 Å². The van der Waals surface area contributed by atoms with E-state index in [-0.39, 0.29) is 41.5 Å². The van der Waals surface area contributed by atoms with Crippen molar-refractivity contribution in [1.29, 1.82) is 0 Å². The second kappa shape index (κ2) is 12.9. The fourth-order valence-electron chi connectivity index (χ4n) is 4.98. The zero-order valence-corrected chi connectivity index (χ0v) is 21.2. The molecule has 2 aliphatic heterocycles. The molecule has 1 unspecified atom stereocenters. The molecule has 170 valence electrons. The Morgan fingerprint density at radius 2 is 1.90 bits per heavy atom. The zero-order chi connectivity index (χ0) is 19.7. The lowest BCUT2D eigenvalue weighted by Crippen LogP contribution is -2.59. The average molecular weight is 541 g/mol. The number of rotatable bonds is 8. The van der Waals surface area contributed by atoms with Gasteiger partial charge in [0, 0.05) is 61.9 Å². The summed E-state index contributed by atoms with van der Waals surface area (Å²) in [5.41, 5.74) is 0.290. The third kappa shape index (κ3) is 7.12. The average Bonchev–Trinajstić information content (AvgIpc) is 3.20. The van der Waals surface area contributed by atoms with Gasteiger partial charge < -0.3 is 20.5 Å². The van der Waals surface area contributed by atoms with Gasteiger partial charge in [-0.15, -0.1) is 24.0 Å². The minimum atomic E-state index is 0. The van der Waals surface area contributed by atoms with Crippen LogP contribution in [0.5, 0.6) is 0 Å². The number of ether oxygens (including phenoxy) is 1. The Bertz CT molecular complexity index is 491. The van der Waals surface area contributed by atoms with E-state index in [4.69, 9.17) is 9.73 Å². The van der Waals surface area contributed by atoms with Gasteiger partial charge in [-0.25, -0.2) is 0 Å². The Hall–Kier alpha value is 0.230. The maximum absolute atomic E-state index is 9.47. The second-order valence-electron chi connectivity index (χ2n) is 8.71. The predicted molar refractivity (Wildman–Crippen MR) is 134 cm³/mol. The second-order valence-corrected chi connectivity index (χ2v) is 9.93. The molecule has 0 bridgehead atoms. The Morgan fingerprint density at radius 1 is 1.14 bits per heavy atom. The quantitative estimate of drug-likeness (QED) is 0.250. The lowest BCUT2D eigenvalue weighted by atomic mass is 9.80. The first-order valence-electron chi connectivity index (χ1n) is 11.3. The van der Waals surface area contributed by atoms with E-state index < -0.39 is 0 Å². The number of aliphatic imine (C=N–C) groups is 1. The SMILES string of the molecule is CCNC(=NCC1(CCO)CCOC1)NCC1(N2CCSCC2)CCCCC1.I. The molecule has 0 spiro atoms. The molecule has 0 amide bonds. The fraction of sp³-hybridized carbons (Fsp3) is 0.952. The van der Waals surface area contributed by atoms with Crippen molar-refractivity contribution in [3.05, 3.63) is 0 Å². The van der Waals surface area contributed by atoms with Crippen molar-refractivity contribution in [3.8, 4) is 0 Å². The summed E-state index contributed by atoms with van der Waals surface area (Å²) in [5.74, 6) is 3.45. The summed E-state index contributed by atoms with van der Waals surface area (Å²) in [6, 6.07) is 0. The van der Waals surface area contributed by atoms with Crippen molar-refractivity contribution in [2.75, 3.05) is 64.1 Å². The van der Waals surface area contributed by atoms with Crippen LogP contribution in [-0.2, 0) is 4.74 Å². The minimum absolute atomic E-state index is 0. The van der Waals surface area contributed by atoms with Gasteiger partial charge in [-0.1, -0.05) is 19.3 Å². The molecule has 3 fully saturated rings. The number of halogens is 1. The molecule has 0 aromatic carbocycles. The van der Waals surface area contributed by atoms with Crippen molar-refractivity contribution in [1.82, 2.24) is 15.5 Å². The van der Waals surface area contributed by atoms with Crippen molar-refractivity contribution in [2.45, 2.75) is 57.4 Å². The standard InChI is InChI=1S/C21H40N4O2S.HI/c1-2-22-19(23-16-20(8-12-26)9-13-27-18-20)24-17-21(6-4-3-5-7-21)25-10-14-28-15-11-25;/h26H,2-18H2,1H3,(H2,22,23,24);1H. The fourth-order valence-corrected chi connectivity index (χ4v) is 5.88. The first-order chi connectivity index (χ1) is 13.7. The van der Waals surface area contributed by atoms with Crippen LogP contribution in [0.25, 0.3) is 0 Å². The van der Waals surface area contributed by atoms with E-state index in [0.717, 1.165) is 45.0 Å². The third-order valence-corrected chi connectivity index (χ3v) is 7.74. The number of aliphatic hydroxyl groups excluding tert-OH is 1. The monoisotopic (exact) mass is 540 g/mol. The highest BCUT2D eigenvalue weighted by atomic mass is 127. The van der Waals surface area contributed by atoms with E-state index in [0.29, 0.717) is 6.61 Å². The van der Waals surface area contributed by atoms with Crippen LogP contribution in [0.1, 0.15) is 51.9 Å². The molecule has 1 aliphatic carbocycles. The molecule has 8 heteroatoms. The molecular formula is C21H41IN4O2S. The van der Waals surface area contributed by atoms with Crippen molar-refractivity contribution >= 4 is 41.7 Å². The highest BCUT2D eigenvalue weighted by molar-refractivity contribution is 14.0. The normalized spacial score (nSPS) is 28.0. The van der Waals surface area contributed by atoms with Gasteiger partial charge in [-0.3, -0.25) is 9.89 Å². The predicted octanol–water partition coefficient (Wildman–Crippen LogP) is 2.70. The number of hydrogen-bond donors (Lipinski definition) is 3. The molecule has 6 nitrogen and oxygen atoms in total. The molecule has 0 radical (unpaired) electrons. The van der Waals surface area contributed by atoms with Gasteiger partial charge in [-0.2, -0.15) is 11.8 Å². The molecule has 3 rings (SSSR count). The van der Waals surface area contributed by atoms with Crippen LogP contribution >= 0.6 is 35.7 Å². The van der Waals surface area contributed by atoms with E-state index in [1.807, 2.05) is 0 Å². The summed E-state index contributed by atoms with van der Waals surface area (Å²) in [5, 5.41) is 16.6. The lowest BCUT2D eigenvalue weighted by Gasteiger charge is -2.48. The Labute approximate surface area is 198 Å². The number of nitrogens with zero attached hydrogens (tertiary/aromatic N) is 2. The molecule has 3 aliphatic rings. The number of guanidine groups is 1. The molecule has 29 heavy (non-hydrogen) atoms. The molecule has 0 aromatic heterocycles. The maximum Gasteiger partial charge on any atom is 0.191 e. The van der Waals surface area contributed by atoms with E-state index in [1.54, 1.807) is 0 Å². The van der Waals surface area contributed by atoms with Gasteiger partial charge in [0.05, 0.1) is 13.2 Å². The van der Waals surface area contributed by atoms with Gasteiger partial charge in [0.25, 0.3) is 0 Å². The van der Waals surface area contributed by atoms with Gasteiger partial charge >= 0.3 is 0 Å². The van der Waals surface area contributed by atoms with Crippen LogP contribution in [0.3, 0.4) is 0 Å². The summed E-state index contributed by atoms with van der Waals surface area (Å²) in [4.78, 5) is 7.69. The molecule has 2 heterocycles. The van der Waals surface area contributed by atoms with Gasteiger partial charge in [0.15, 0.2) is 5.96 Å². The largest absolute Gasteiger partial charge is 0.396 e. The zero-order valence-electron chi connectivity index (χ0n) is 18.1. The smallest absolute Gasteiger partial charge is 0.191 e. The maximum atomic E-state index is 9.47. The number of thioether (sulfide) groups is 1. The first kappa shape index (κ1) is 25.5. The molecule has 1 saturated carbocycles. The van der Waals surface area contributed by atoms with Crippen LogP contribution in [-0.4, -0.2) is 85.6 Å². The number of hydrogen-bond acceptors (Lipinski definition) is 5. The van der Waals surface area contributed by atoms with Crippen molar-refractivity contribution in [3.63, 3.8) is 0 Å². The van der Waals surface area contributed by atoms with Gasteiger partial charge in [0.2, 0.25) is 0 Å². The van der Waals surface area contributed by atoms with Crippen LogP contribution in [0.15, 0.2) is 4.99 Å². The summed E-state index contributed by atoms with van der Waals surface area (Å²) in [6.45, 7) is 8.83. The van der Waals surface area contributed by atoms with Crippen LogP contribution in [0.2, 0.25) is 0 Å². The summed E-state index contributed by atoms with van der Waals surface area (Å²) >= 11 is 2.09. The van der Waals surface area contributed by atoms with Gasteiger partial charge in [-0.05, 0) is 32.6 Å². The molecule has 2 saturated heterocycles. The molecule has 3 N–H and O–H groups in total. The summed E-state index contributed by atoms with van der Waals surface area (Å²) < 4.78 is 5.63. The van der Waals surface area contributed by atoms with E-state index in [2.05, 4.69) is 34.2 Å². The van der Waals surface area contributed by atoms with E-state index >= 15 is 0 Å². The lowest BCUT2D eigenvalue weighted by molar-refractivity contribution is 0.0625. The molecule has 0 aromatic rings. The van der Waals surface area contributed by atoms with E-state index in [1.165, 1.54) is 56.7 Å². The van der Waals surface area contributed by atoms with Gasteiger partial charge in [0.1, 0.15) is 0 Å². The third-order valence-electron chi connectivity index (χ3n) is 6.79. The Balaban J connectivity index is 0.00000300. The van der Waals surface area contributed by atoms with Crippen LogP contribution in [0.4, 0.5) is 0 Å². The highest BCUT2D eigenvalue weighted by Crippen LogP contribution is 2.35. The Kier molecular flexibility index (Phi) is 11.4. The molecular weight excluding hydrogens is 499 g/mol. The van der Waals surface area contributed by atoms with E-state index in [9.17, 15) is 5.11 Å². The van der Waals surface area contributed by atoms with Crippen LogP contribution in [0, 0.1) is 5.41 Å². The minimum Gasteiger partial charge on any atom is -0.396 e. The summed E-state index contributed by atoms with van der Waals surface area (Å²) in [7, 11) is 0. The van der Waals surface area contributed by atoms with Crippen LogP contribution < -0.4 is 10.6 Å². The highest BCUT2D eigenvalue weighted by Gasteiger charge is 2.39.